The van der Waals surface area contributed by atoms with Gasteiger partial charge in [0.15, 0.2) is 0 Å². The summed E-state index contributed by atoms with van der Waals surface area (Å²) in [5.74, 6) is -0.532. The molecule has 3 rings (SSSR count). The number of carbonyl (C=O) groups excluding carboxylic acids is 2. The van der Waals surface area contributed by atoms with Crippen molar-refractivity contribution in [1.82, 2.24) is 5.32 Å². The first kappa shape index (κ1) is 27.0. The molecule has 192 valence electrons. The minimum Gasteiger partial charge on any atom is -0.444 e. The van der Waals surface area contributed by atoms with Crippen molar-refractivity contribution in [3.8, 4) is 5.75 Å². The van der Waals surface area contributed by atoms with Crippen LogP contribution in [0.1, 0.15) is 63.3 Å². The second-order valence-electron chi connectivity index (χ2n) is 10.2. The Balaban J connectivity index is 2.01. The van der Waals surface area contributed by atoms with Crippen LogP contribution in [-0.2, 0) is 16.0 Å². The third kappa shape index (κ3) is 6.53. The van der Waals surface area contributed by atoms with Gasteiger partial charge in [-0.2, -0.15) is 0 Å². The summed E-state index contributed by atoms with van der Waals surface area (Å²) >= 11 is 0. The van der Waals surface area contributed by atoms with Crippen LogP contribution in [0.5, 0.6) is 5.75 Å². The second kappa shape index (κ2) is 11.0. The van der Waals surface area contributed by atoms with Gasteiger partial charge in [-0.3, -0.25) is 0 Å². The molecule has 1 aromatic heterocycles. The number of fused-ring (bicyclic) bond motifs is 1. The highest BCUT2D eigenvalue weighted by Gasteiger charge is 2.31. The molecule has 0 fully saturated rings. The average molecular weight is 494 g/mol. The van der Waals surface area contributed by atoms with E-state index in [0.717, 1.165) is 11.1 Å². The molecular weight excluding hydrogens is 458 g/mol. The van der Waals surface area contributed by atoms with Crippen LogP contribution in [0.15, 0.2) is 51.7 Å². The summed E-state index contributed by atoms with van der Waals surface area (Å²) in [5.41, 5.74) is 2.14. The van der Waals surface area contributed by atoms with Crippen LogP contribution in [0.3, 0.4) is 0 Å². The van der Waals surface area contributed by atoms with Gasteiger partial charge in [-0.15, -0.1) is 0 Å². The summed E-state index contributed by atoms with van der Waals surface area (Å²) in [6.45, 7) is 12.7. The summed E-state index contributed by atoms with van der Waals surface area (Å²) in [7, 11) is 0. The van der Waals surface area contributed by atoms with Crippen LogP contribution in [0.25, 0.3) is 11.0 Å². The highest BCUT2D eigenvalue weighted by molar-refractivity contribution is 5.92. The SMILES string of the molecule is CCC(C)C(NC(=O)OC(C)(C)C)C(=O)Oc1cc(C)cc2oc(=O)c(Cc3ccccc3)c(C)c12. The van der Waals surface area contributed by atoms with E-state index in [2.05, 4.69) is 5.32 Å². The molecule has 1 heterocycles. The van der Waals surface area contributed by atoms with Crippen LogP contribution < -0.4 is 15.7 Å². The monoisotopic (exact) mass is 493 g/mol. The topological polar surface area (TPSA) is 94.8 Å². The Morgan fingerprint density at radius 1 is 1.08 bits per heavy atom. The summed E-state index contributed by atoms with van der Waals surface area (Å²) < 4.78 is 16.9. The van der Waals surface area contributed by atoms with Gasteiger partial charge in [0.1, 0.15) is 23.0 Å². The van der Waals surface area contributed by atoms with Gasteiger partial charge in [-0.25, -0.2) is 14.4 Å². The van der Waals surface area contributed by atoms with E-state index >= 15 is 0 Å². The number of carbonyl (C=O) groups is 2. The first-order valence-electron chi connectivity index (χ1n) is 12.2. The minimum absolute atomic E-state index is 0.200. The molecule has 0 aliphatic rings. The minimum atomic E-state index is -0.916. The molecule has 7 heteroatoms. The van der Waals surface area contributed by atoms with E-state index in [4.69, 9.17) is 13.9 Å². The lowest BCUT2D eigenvalue weighted by Gasteiger charge is -2.26. The van der Waals surface area contributed by atoms with Gasteiger partial charge in [0.05, 0.1) is 5.39 Å². The Morgan fingerprint density at radius 2 is 1.75 bits per heavy atom. The second-order valence-corrected chi connectivity index (χ2v) is 10.2. The molecule has 0 saturated carbocycles. The molecule has 0 saturated heterocycles. The third-order valence-electron chi connectivity index (χ3n) is 6.06. The van der Waals surface area contributed by atoms with Gasteiger partial charge in [0.25, 0.3) is 0 Å². The van der Waals surface area contributed by atoms with Crippen LogP contribution in [0.4, 0.5) is 4.79 Å². The molecule has 0 aliphatic heterocycles. The zero-order valence-electron chi connectivity index (χ0n) is 22.1. The summed E-state index contributed by atoms with van der Waals surface area (Å²) in [6.07, 6.45) is 0.340. The molecule has 1 N–H and O–H groups in total. The molecule has 7 nitrogen and oxygen atoms in total. The number of alkyl carbamates (subject to hydrolysis) is 1. The van der Waals surface area contributed by atoms with Crippen LogP contribution >= 0.6 is 0 Å². The van der Waals surface area contributed by atoms with Gasteiger partial charge >= 0.3 is 17.7 Å². The number of rotatable bonds is 7. The lowest BCUT2D eigenvalue weighted by atomic mass is 9.98. The molecule has 2 unspecified atom stereocenters. The van der Waals surface area contributed by atoms with E-state index < -0.39 is 29.3 Å². The van der Waals surface area contributed by atoms with Gasteiger partial charge in [0, 0.05) is 12.0 Å². The van der Waals surface area contributed by atoms with E-state index in [-0.39, 0.29) is 11.7 Å². The summed E-state index contributed by atoms with van der Waals surface area (Å²) in [4.78, 5) is 38.6. The standard InChI is InChI=1S/C29H35NO6/c1-8-18(3)25(30-28(33)36-29(5,6)7)27(32)35-23-15-17(2)14-22-24(23)19(4)21(26(31)34-22)16-20-12-10-9-11-13-20/h9-15,18,25H,8,16H2,1-7H3,(H,30,33). The van der Waals surface area contributed by atoms with E-state index in [1.807, 2.05) is 58.0 Å². The number of amides is 1. The Morgan fingerprint density at radius 3 is 2.36 bits per heavy atom. The van der Waals surface area contributed by atoms with E-state index in [0.29, 0.717) is 34.9 Å². The largest absolute Gasteiger partial charge is 0.444 e. The normalized spacial score (nSPS) is 13.2. The van der Waals surface area contributed by atoms with Crippen LogP contribution in [-0.4, -0.2) is 23.7 Å². The molecule has 36 heavy (non-hydrogen) atoms. The van der Waals surface area contributed by atoms with Gasteiger partial charge in [-0.05, 0) is 69.4 Å². The molecule has 0 spiro atoms. The number of esters is 1. The maximum Gasteiger partial charge on any atom is 0.408 e. The molecule has 0 aliphatic carbocycles. The van der Waals surface area contributed by atoms with Crippen molar-refractivity contribution >= 4 is 23.0 Å². The summed E-state index contributed by atoms with van der Waals surface area (Å²) in [6, 6.07) is 12.2. The zero-order chi connectivity index (χ0) is 26.6. The molecular formula is C29H35NO6. The maximum atomic E-state index is 13.3. The van der Waals surface area contributed by atoms with Gasteiger partial charge < -0.3 is 19.2 Å². The Kier molecular flexibility index (Phi) is 8.23. The molecule has 2 aromatic carbocycles. The quantitative estimate of drug-likeness (QED) is 0.252. The van der Waals surface area contributed by atoms with Gasteiger partial charge in [-0.1, -0.05) is 50.6 Å². The fourth-order valence-corrected chi connectivity index (χ4v) is 4.00. The molecule has 1 amide bonds. The van der Waals surface area contributed by atoms with Gasteiger partial charge in [0.2, 0.25) is 0 Å². The number of nitrogens with one attached hydrogen (secondary N) is 1. The van der Waals surface area contributed by atoms with E-state index in [1.54, 1.807) is 32.9 Å². The van der Waals surface area contributed by atoms with E-state index in [9.17, 15) is 14.4 Å². The molecule has 0 radical (unpaired) electrons. The third-order valence-corrected chi connectivity index (χ3v) is 6.06. The molecule has 0 bridgehead atoms. The highest BCUT2D eigenvalue weighted by Crippen LogP contribution is 2.32. The van der Waals surface area contributed by atoms with Crippen LogP contribution in [0, 0.1) is 19.8 Å². The van der Waals surface area contributed by atoms with Crippen molar-refractivity contribution < 1.29 is 23.5 Å². The number of aryl methyl sites for hydroxylation is 2. The van der Waals surface area contributed by atoms with Crippen LogP contribution in [0.2, 0.25) is 0 Å². The number of ether oxygens (including phenoxy) is 2. The van der Waals surface area contributed by atoms with Crippen molar-refractivity contribution in [2.75, 3.05) is 0 Å². The van der Waals surface area contributed by atoms with Crippen molar-refractivity contribution in [1.29, 1.82) is 0 Å². The first-order valence-corrected chi connectivity index (χ1v) is 12.2. The average Bonchev–Trinajstić information content (AvgIpc) is 2.78. The summed E-state index contributed by atoms with van der Waals surface area (Å²) in [5, 5.41) is 3.22. The fourth-order valence-electron chi connectivity index (χ4n) is 4.00. The number of hydrogen-bond acceptors (Lipinski definition) is 6. The number of hydrogen-bond donors (Lipinski definition) is 1. The number of benzene rings is 2. The smallest absolute Gasteiger partial charge is 0.408 e. The lowest BCUT2D eigenvalue weighted by Crippen LogP contribution is -2.48. The van der Waals surface area contributed by atoms with Crippen molar-refractivity contribution in [2.24, 2.45) is 5.92 Å². The predicted octanol–water partition coefficient (Wildman–Crippen LogP) is 5.85. The van der Waals surface area contributed by atoms with Crippen molar-refractivity contribution in [3.63, 3.8) is 0 Å². The Bertz CT molecular complexity index is 1300. The zero-order valence-corrected chi connectivity index (χ0v) is 22.1. The fraction of sp³-hybridized carbons (Fsp3) is 0.414. The van der Waals surface area contributed by atoms with Crippen molar-refractivity contribution in [3.05, 3.63) is 75.1 Å². The molecule has 3 aromatic rings. The van der Waals surface area contributed by atoms with Crippen molar-refractivity contribution in [2.45, 2.75) is 73.0 Å². The molecule has 2 atom stereocenters. The Labute approximate surface area is 211 Å². The first-order chi connectivity index (χ1) is 16.9. The highest BCUT2D eigenvalue weighted by atomic mass is 16.6. The van der Waals surface area contributed by atoms with E-state index in [1.165, 1.54) is 0 Å². The Hall–Kier alpha value is -3.61. The lowest BCUT2D eigenvalue weighted by molar-refractivity contribution is -0.138. The predicted molar refractivity (Wildman–Crippen MR) is 139 cm³/mol. The maximum absolute atomic E-state index is 13.3.